The van der Waals surface area contributed by atoms with Crippen molar-refractivity contribution >= 4 is 37.8 Å². The van der Waals surface area contributed by atoms with E-state index in [1.54, 1.807) is 0 Å². The van der Waals surface area contributed by atoms with Crippen LogP contribution in [0.5, 0.6) is 0 Å². The highest BCUT2D eigenvalue weighted by molar-refractivity contribution is 9.12. The quantitative estimate of drug-likeness (QED) is 0.112. The molecule has 0 unspecified atom stereocenters. The Morgan fingerprint density at radius 2 is 1.53 bits per heavy atom. The van der Waals surface area contributed by atoms with E-state index in [1.165, 1.54) is 96.3 Å². The number of hydrogen-bond acceptors (Lipinski definition) is 2. The van der Waals surface area contributed by atoms with Gasteiger partial charge >= 0.3 is 5.97 Å². The van der Waals surface area contributed by atoms with Gasteiger partial charge in [0.2, 0.25) is 0 Å². The van der Waals surface area contributed by atoms with Crippen molar-refractivity contribution in [3.05, 3.63) is 0 Å². The average Bonchev–Trinajstić information content (AvgIpc) is 3.22. The van der Waals surface area contributed by atoms with E-state index in [-0.39, 0.29) is 21.8 Å². The summed E-state index contributed by atoms with van der Waals surface area (Å²) < 4.78 is 6.12. The molecular weight excluding hydrogens is 600 g/mol. The van der Waals surface area contributed by atoms with Crippen molar-refractivity contribution < 1.29 is 9.53 Å². The Kier molecular flexibility index (Phi) is 11.2. The number of halogens is 2. The molecule has 4 heteroatoms. The molecule has 9 atom stereocenters. The van der Waals surface area contributed by atoms with Crippen molar-refractivity contribution in [3.63, 3.8) is 0 Å². The van der Waals surface area contributed by atoms with Gasteiger partial charge in [0.25, 0.3) is 0 Å². The molecule has 4 aliphatic rings. The number of carbonyl (C=O) groups excluding carboxylic acids is 1. The third-order valence-electron chi connectivity index (χ3n) is 12.3. The monoisotopic (exact) mass is 656 g/mol. The summed E-state index contributed by atoms with van der Waals surface area (Å²) in [5, 5.41) is 0. The summed E-state index contributed by atoms with van der Waals surface area (Å²) in [7, 11) is 0. The summed E-state index contributed by atoms with van der Waals surface area (Å²) in [6.07, 6.45) is 25.4. The lowest BCUT2D eigenvalue weighted by Crippen LogP contribution is -2.64. The van der Waals surface area contributed by atoms with Gasteiger partial charge in [-0.15, -0.1) is 0 Å². The van der Waals surface area contributed by atoms with Crippen molar-refractivity contribution in [2.75, 3.05) is 0 Å². The van der Waals surface area contributed by atoms with Crippen LogP contribution in [0.15, 0.2) is 0 Å². The van der Waals surface area contributed by atoms with E-state index in [4.69, 9.17) is 4.74 Å². The Bertz CT molecular complexity index is 772. The van der Waals surface area contributed by atoms with E-state index in [2.05, 4.69) is 59.6 Å². The van der Waals surface area contributed by atoms with Crippen LogP contribution < -0.4 is 0 Å². The van der Waals surface area contributed by atoms with Crippen molar-refractivity contribution in [3.8, 4) is 0 Å². The minimum absolute atomic E-state index is 0.0246. The SMILES string of the molecule is CCCCCCCC[C@@H]1CC[C@@H]2[C@H]3C[C@H](Br)[C@@]4(Br)C[C@@H](OC(=O)CCCCCC)CC[C@]4(C)[C@@H]3CC[C@]12C. The maximum atomic E-state index is 12.6. The van der Waals surface area contributed by atoms with E-state index < -0.39 is 0 Å². The highest BCUT2D eigenvalue weighted by atomic mass is 79.9. The lowest BCUT2D eigenvalue weighted by molar-refractivity contribution is -0.157. The van der Waals surface area contributed by atoms with Crippen LogP contribution in [-0.4, -0.2) is 21.2 Å². The van der Waals surface area contributed by atoms with E-state index in [9.17, 15) is 4.79 Å². The number of ether oxygens (including phenoxy) is 1. The molecule has 4 fully saturated rings. The van der Waals surface area contributed by atoms with Gasteiger partial charge < -0.3 is 4.74 Å². The first kappa shape index (κ1) is 31.4. The summed E-state index contributed by atoms with van der Waals surface area (Å²) in [5.74, 6) is 3.53. The van der Waals surface area contributed by atoms with E-state index >= 15 is 0 Å². The zero-order valence-corrected chi connectivity index (χ0v) is 28.4. The predicted molar refractivity (Wildman–Crippen MR) is 168 cm³/mol. The van der Waals surface area contributed by atoms with Crippen molar-refractivity contribution in [2.45, 2.75) is 171 Å². The molecule has 0 radical (unpaired) electrons. The van der Waals surface area contributed by atoms with Crippen LogP contribution in [0.25, 0.3) is 0 Å². The highest BCUT2D eigenvalue weighted by Crippen LogP contribution is 2.71. The van der Waals surface area contributed by atoms with E-state index in [0.717, 1.165) is 49.4 Å². The Hall–Kier alpha value is 0.430. The fraction of sp³-hybridized carbons (Fsp3) is 0.971. The first-order chi connectivity index (χ1) is 18.2. The Balaban J connectivity index is 1.36. The largest absolute Gasteiger partial charge is 0.462 e. The molecule has 0 N–H and O–H groups in total. The Morgan fingerprint density at radius 3 is 2.26 bits per heavy atom. The molecule has 4 aliphatic carbocycles. The van der Waals surface area contributed by atoms with Crippen LogP contribution in [0.1, 0.15) is 156 Å². The number of rotatable bonds is 13. The first-order valence-corrected chi connectivity index (χ1v) is 18.4. The predicted octanol–water partition coefficient (Wildman–Crippen LogP) is 11.2. The minimum Gasteiger partial charge on any atom is -0.462 e. The molecule has 0 saturated heterocycles. The number of carbonyl (C=O) groups is 1. The van der Waals surface area contributed by atoms with Gasteiger partial charge in [0, 0.05) is 22.0 Å². The summed E-state index contributed by atoms with van der Waals surface area (Å²) in [5.41, 5.74) is 0.831. The Labute approximate surface area is 252 Å². The summed E-state index contributed by atoms with van der Waals surface area (Å²) in [4.78, 5) is 13.1. The zero-order chi connectivity index (χ0) is 27.4. The third kappa shape index (κ3) is 6.27. The van der Waals surface area contributed by atoms with Crippen LogP contribution in [0.3, 0.4) is 0 Å². The van der Waals surface area contributed by atoms with Crippen LogP contribution in [-0.2, 0) is 9.53 Å². The molecule has 0 amide bonds. The third-order valence-corrected chi connectivity index (χ3v) is 15.9. The number of esters is 1. The van der Waals surface area contributed by atoms with Gasteiger partial charge in [0.1, 0.15) is 6.10 Å². The topological polar surface area (TPSA) is 26.3 Å². The van der Waals surface area contributed by atoms with Gasteiger partial charge in [-0.3, -0.25) is 4.79 Å². The van der Waals surface area contributed by atoms with Gasteiger partial charge in [0.05, 0.1) is 0 Å². The summed E-state index contributed by atoms with van der Waals surface area (Å²) in [6.45, 7) is 9.82. The normalized spacial score (nSPS) is 42.3. The number of hydrogen-bond donors (Lipinski definition) is 0. The maximum Gasteiger partial charge on any atom is 0.306 e. The minimum atomic E-state index is 0.0246. The van der Waals surface area contributed by atoms with Gasteiger partial charge in [-0.05, 0) is 92.3 Å². The molecule has 0 aliphatic heterocycles. The molecule has 220 valence electrons. The fourth-order valence-corrected chi connectivity index (χ4v) is 12.1. The molecule has 4 saturated carbocycles. The van der Waals surface area contributed by atoms with Gasteiger partial charge in [0.15, 0.2) is 0 Å². The van der Waals surface area contributed by atoms with E-state index in [1.807, 2.05) is 0 Å². The molecule has 2 nitrogen and oxygen atoms in total. The lowest BCUT2D eigenvalue weighted by Gasteiger charge is -2.65. The van der Waals surface area contributed by atoms with Gasteiger partial charge in [-0.25, -0.2) is 0 Å². The maximum absolute atomic E-state index is 12.6. The molecule has 4 rings (SSSR count). The molecule has 0 bridgehead atoms. The summed E-state index contributed by atoms with van der Waals surface area (Å²) in [6, 6.07) is 0. The molecule has 0 aromatic heterocycles. The lowest BCUT2D eigenvalue weighted by atomic mass is 9.44. The van der Waals surface area contributed by atoms with Gasteiger partial charge in [-0.1, -0.05) is 117 Å². The van der Waals surface area contributed by atoms with Crippen LogP contribution in [0, 0.1) is 34.5 Å². The summed E-state index contributed by atoms with van der Waals surface area (Å²) >= 11 is 8.63. The molecule has 0 aromatic rings. The number of fused-ring (bicyclic) bond motifs is 5. The van der Waals surface area contributed by atoms with Crippen LogP contribution in [0.2, 0.25) is 0 Å². The van der Waals surface area contributed by atoms with E-state index in [0.29, 0.717) is 16.7 Å². The number of alkyl halides is 2. The molecular formula is C34H58Br2O2. The van der Waals surface area contributed by atoms with Crippen LogP contribution in [0.4, 0.5) is 0 Å². The second-order valence-corrected chi connectivity index (χ2v) is 16.9. The van der Waals surface area contributed by atoms with Crippen molar-refractivity contribution in [1.29, 1.82) is 0 Å². The number of unbranched alkanes of at least 4 members (excludes halogenated alkanes) is 8. The smallest absolute Gasteiger partial charge is 0.306 e. The molecule has 0 spiro atoms. The standard InChI is InChI=1S/C34H58Br2O2/c1-5-7-9-11-12-13-15-25-17-18-28-27-23-30(35)34(36)24-26(38-31(37)16-14-10-8-6-2)19-22-33(34,4)29(27)20-21-32(25,28)3/h25-30H,5-24H2,1-4H3/t25-,26+,27-,28-,29-,30+,32-,33-,34+/m1/s1. The van der Waals surface area contributed by atoms with Crippen LogP contribution >= 0.6 is 31.9 Å². The van der Waals surface area contributed by atoms with Crippen molar-refractivity contribution in [2.24, 2.45) is 34.5 Å². The second kappa shape index (κ2) is 13.6. The Morgan fingerprint density at radius 1 is 0.842 bits per heavy atom. The fourth-order valence-electron chi connectivity index (χ4n) is 9.94. The highest BCUT2D eigenvalue weighted by Gasteiger charge is 2.66. The molecule has 0 aromatic carbocycles. The first-order valence-electron chi connectivity index (χ1n) is 16.7. The van der Waals surface area contributed by atoms with Gasteiger partial charge in [-0.2, -0.15) is 0 Å². The molecule has 0 heterocycles. The van der Waals surface area contributed by atoms with Crippen molar-refractivity contribution in [1.82, 2.24) is 0 Å². The molecule has 38 heavy (non-hydrogen) atoms. The second-order valence-electron chi connectivity index (χ2n) is 14.4. The zero-order valence-electron chi connectivity index (χ0n) is 25.2. The average molecular weight is 659 g/mol.